The third-order valence-electron chi connectivity index (χ3n) is 2.81. The molecule has 20 heavy (non-hydrogen) atoms. The number of nitrogens with zero attached hydrogens (tertiary/aromatic N) is 5. The second-order valence-corrected chi connectivity index (χ2v) is 4.43. The second-order valence-electron chi connectivity index (χ2n) is 4.09. The molecule has 3 aromatic rings. The van der Waals surface area contributed by atoms with Gasteiger partial charge in [0.05, 0.1) is 0 Å². The van der Waals surface area contributed by atoms with E-state index in [2.05, 4.69) is 20.1 Å². The van der Waals surface area contributed by atoms with E-state index < -0.39 is 0 Å². The highest BCUT2D eigenvalue weighted by atomic mass is 35.5. The Kier molecular flexibility index (Phi) is 3.15. The first-order chi connectivity index (χ1) is 9.65. The molecular formula is C13H9ClFN5. The van der Waals surface area contributed by atoms with Gasteiger partial charge in [0.2, 0.25) is 5.28 Å². The van der Waals surface area contributed by atoms with Crippen molar-refractivity contribution >= 4 is 11.6 Å². The van der Waals surface area contributed by atoms with Gasteiger partial charge < -0.3 is 0 Å². The molecule has 3 rings (SSSR count). The molecule has 0 saturated carbocycles. The van der Waals surface area contributed by atoms with Gasteiger partial charge in [-0.3, -0.25) is 0 Å². The van der Waals surface area contributed by atoms with E-state index in [0.29, 0.717) is 17.0 Å². The molecule has 0 amide bonds. The topological polar surface area (TPSA) is 56.5 Å². The van der Waals surface area contributed by atoms with Crippen molar-refractivity contribution < 1.29 is 4.39 Å². The van der Waals surface area contributed by atoms with Crippen LogP contribution in [0.25, 0.3) is 17.3 Å². The van der Waals surface area contributed by atoms with Crippen molar-refractivity contribution in [2.75, 3.05) is 0 Å². The Hall–Kier alpha value is -2.34. The van der Waals surface area contributed by atoms with Gasteiger partial charge in [0.25, 0.3) is 5.95 Å². The Morgan fingerprint density at radius 2 is 2.00 bits per heavy atom. The summed E-state index contributed by atoms with van der Waals surface area (Å²) in [4.78, 5) is 12.3. The molecule has 0 radical (unpaired) electrons. The Bertz CT molecular complexity index is 757. The van der Waals surface area contributed by atoms with E-state index in [1.54, 1.807) is 37.5 Å². The fourth-order valence-electron chi connectivity index (χ4n) is 1.80. The lowest BCUT2D eigenvalue weighted by atomic mass is 10.1. The molecule has 0 aliphatic rings. The highest BCUT2D eigenvalue weighted by Gasteiger charge is 2.12. The third-order valence-corrected chi connectivity index (χ3v) is 2.98. The zero-order valence-corrected chi connectivity index (χ0v) is 11.2. The van der Waals surface area contributed by atoms with Crippen LogP contribution >= 0.6 is 11.6 Å². The lowest BCUT2D eigenvalue weighted by molar-refractivity contribution is 0.619. The predicted molar refractivity (Wildman–Crippen MR) is 72.1 cm³/mol. The van der Waals surface area contributed by atoms with Crippen molar-refractivity contribution in [3.05, 3.63) is 53.3 Å². The quantitative estimate of drug-likeness (QED) is 0.728. The Balaban J connectivity index is 2.17. The standard InChI is InChI=1S/C13H9ClFN5/c1-8-9(4-2-5-10(8)15)11-17-12(14)19-13(18-11)20-7-3-6-16-20/h2-7H,1H3. The summed E-state index contributed by atoms with van der Waals surface area (Å²) < 4.78 is 15.1. The van der Waals surface area contributed by atoms with Crippen LogP contribution in [-0.4, -0.2) is 24.7 Å². The van der Waals surface area contributed by atoms with Gasteiger partial charge >= 0.3 is 0 Å². The van der Waals surface area contributed by atoms with Crippen LogP contribution in [0, 0.1) is 12.7 Å². The first-order valence-electron chi connectivity index (χ1n) is 5.82. The van der Waals surface area contributed by atoms with Crippen LogP contribution in [-0.2, 0) is 0 Å². The first kappa shape index (κ1) is 12.7. The van der Waals surface area contributed by atoms with Crippen molar-refractivity contribution in [3.8, 4) is 17.3 Å². The zero-order chi connectivity index (χ0) is 14.1. The zero-order valence-electron chi connectivity index (χ0n) is 10.5. The monoisotopic (exact) mass is 289 g/mol. The van der Waals surface area contributed by atoms with Gasteiger partial charge in [-0.2, -0.15) is 20.1 Å². The Morgan fingerprint density at radius 1 is 1.15 bits per heavy atom. The number of benzene rings is 1. The van der Waals surface area contributed by atoms with Gasteiger partial charge in [-0.05, 0) is 36.2 Å². The molecule has 0 aliphatic heterocycles. The highest BCUT2D eigenvalue weighted by molar-refractivity contribution is 6.28. The molecule has 0 aliphatic carbocycles. The fourth-order valence-corrected chi connectivity index (χ4v) is 1.96. The van der Waals surface area contributed by atoms with E-state index in [1.807, 2.05) is 0 Å². The highest BCUT2D eigenvalue weighted by Crippen LogP contribution is 2.23. The van der Waals surface area contributed by atoms with Gasteiger partial charge in [0, 0.05) is 18.0 Å². The SMILES string of the molecule is Cc1c(F)cccc1-c1nc(Cl)nc(-n2cccn2)n1. The molecule has 0 saturated heterocycles. The lowest BCUT2D eigenvalue weighted by Crippen LogP contribution is -2.05. The van der Waals surface area contributed by atoms with E-state index in [1.165, 1.54) is 10.7 Å². The number of hydrogen-bond acceptors (Lipinski definition) is 4. The van der Waals surface area contributed by atoms with Crippen LogP contribution in [0.5, 0.6) is 0 Å². The number of rotatable bonds is 2. The molecule has 2 heterocycles. The molecule has 7 heteroatoms. The maximum absolute atomic E-state index is 13.6. The maximum Gasteiger partial charge on any atom is 0.255 e. The van der Waals surface area contributed by atoms with E-state index in [9.17, 15) is 4.39 Å². The Labute approximate surface area is 119 Å². The van der Waals surface area contributed by atoms with E-state index in [-0.39, 0.29) is 17.0 Å². The minimum absolute atomic E-state index is 0.0316. The molecular weight excluding hydrogens is 281 g/mol. The number of hydrogen-bond donors (Lipinski definition) is 0. The molecule has 0 bridgehead atoms. The molecule has 0 unspecified atom stereocenters. The van der Waals surface area contributed by atoms with Gasteiger partial charge in [0.1, 0.15) is 5.82 Å². The van der Waals surface area contributed by atoms with Crippen molar-refractivity contribution in [2.24, 2.45) is 0 Å². The van der Waals surface area contributed by atoms with Crippen molar-refractivity contribution in [3.63, 3.8) is 0 Å². The summed E-state index contributed by atoms with van der Waals surface area (Å²) in [5.74, 6) is 0.279. The Morgan fingerprint density at radius 3 is 2.75 bits per heavy atom. The molecule has 100 valence electrons. The summed E-state index contributed by atoms with van der Waals surface area (Å²) in [5.41, 5.74) is 1.03. The smallest absolute Gasteiger partial charge is 0.207 e. The summed E-state index contributed by atoms with van der Waals surface area (Å²) in [6.45, 7) is 1.66. The molecule has 0 atom stereocenters. The summed E-state index contributed by atoms with van der Waals surface area (Å²) in [6.07, 6.45) is 3.29. The van der Waals surface area contributed by atoms with Crippen molar-refractivity contribution in [1.82, 2.24) is 24.7 Å². The minimum Gasteiger partial charge on any atom is -0.207 e. The first-order valence-corrected chi connectivity index (χ1v) is 6.20. The number of halogens is 2. The molecule has 0 spiro atoms. The van der Waals surface area contributed by atoms with Crippen molar-refractivity contribution in [2.45, 2.75) is 6.92 Å². The van der Waals surface area contributed by atoms with Crippen LogP contribution in [0.4, 0.5) is 4.39 Å². The molecule has 2 aromatic heterocycles. The van der Waals surface area contributed by atoms with E-state index in [0.717, 1.165) is 0 Å². The van der Waals surface area contributed by atoms with Crippen LogP contribution in [0.15, 0.2) is 36.7 Å². The van der Waals surface area contributed by atoms with Gasteiger partial charge in [-0.15, -0.1) is 0 Å². The summed E-state index contributed by atoms with van der Waals surface area (Å²) in [5, 5.41) is 4.07. The van der Waals surface area contributed by atoms with Crippen LogP contribution in [0.3, 0.4) is 0 Å². The average Bonchev–Trinajstić information content (AvgIpc) is 2.95. The number of aromatic nitrogens is 5. The molecule has 0 N–H and O–H groups in total. The molecule has 1 aromatic carbocycles. The van der Waals surface area contributed by atoms with Gasteiger partial charge in [0.15, 0.2) is 5.82 Å². The predicted octanol–water partition coefficient (Wildman–Crippen LogP) is 2.83. The fraction of sp³-hybridized carbons (Fsp3) is 0.0769. The largest absolute Gasteiger partial charge is 0.255 e. The molecule has 0 fully saturated rings. The van der Waals surface area contributed by atoms with Crippen LogP contribution in [0.2, 0.25) is 5.28 Å². The second kappa shape index (κ2) is 4.97. The van der Waals surface area contributed by atoms with Crippen LogP contribution in [0.1, 0.15) is 5.56 Å². The molecule has 5 nitrogen and oxygen atoms in total. The van der Waals surface area contributed by atoms with Crippen molar-refractivity contribution in [1.29, 1.82) is 0 Å². The normalized spacial score (nSPS) is 10.8. The van der Waals surface area contributed by atoms with E-state index in [4.69, 9.17) is 11.6 Å². The summed E-state index contributed by atoms with van der Waals surface area (Å²) >= 11 is 5.91. The minimum atomic E-state index is -0.320. The summed E-state index contributed by atoms with van der Waals surface area (Å²) in [7, 11) is 0. The van der Waals surface area contributed by atoms with Gasteiger partial charge in [-0.1, -0.05) is 12.1 Å². The third kappa shape index (κ3) is 2.25. The van der Waals surface area contributed by atoms with E-state index >= 15 is 0 Å². The summed E-state index contributed by atoms with van der Waals surface area (Å²) in [6, 6.07) is 6.46. The van der Waals surface area contributed by atoms with Gasteiger partial charge in [-0.25, -0.2) is 9.07 Å². The lowest BCUT2D eigenvalue weighted by Gasteiger charge is -2.07. The van der Waals surface area contributed by atoms with Crippen LogP contribution < -0.4 is 0 Å². The maximum atomic E-state index is 13.6. The average molecular weight is 290 g/mol.